The summed E-state index contributed by atoms with van der Waals surface area (Å²) in [6.07, 6.45) is 0. The Morgan fingerprint density at radius 2 is 2.19 bits per heavy atom. The molecule has 1 N–H and O–H groups in total. The second kappa shape index (κ2) is 5.30. The summed E-state index contributed by atoms with van der Waals surface area (Å²) in [5.74, 6) is -0.389. The van der Waals surface area contributed by atoms with E-state index in [-0.39, 0.29) is 11.8 Å². The van der Waals surface area contributed by atoms with Crippen LogP contribution in [0.1, 0.15) is 12.5 Å². The molecule has 0 spiro atoms. The largest absolute Gasteiger partial charge is 0.328 e. The third kappa shape index (κ3) is 2.95. The van der Waals surface area contributed by atoms with Crippen molar-refractivity contribution in [3.63, 3.8) is 0 Å². The quantitative estimate of drug-likeness (QED) is 0.889. The van der Waals surface area contributed by atoms with Gasteiger partial charge in [-0.2, -0.15) is 0 Å². The van der Waals surface area contributed by atoms with Crippen LogP contribution in [0, 0.1) is 12.7 Å². The Kier molecular flexibility index (Phi) is 4.29. The SMILES string of the molecule is CCN(C)C(=O)Nc1cc(F)c(Br)cc1C. The van der Waals surface area contributed by atoms with Crippen molar-refractivity contribution in [3.05, 3.63) is 28.0 Å². The lowest BCUT2D eigenvalue weighted by atomic mass is 10.2. The van der Waals surface area contributed by atoms with Gasteiger partial charge in [-0.05, 0) is 47.5 Å². The van der Waals surface area contributed by atoms with Gasteiger partial charge in [0.15, 0.2) is 0 Å². The minimum Gasteiger partial charge on any atom is -0.328 e. The zero-order chi connectivity index (χ0) is 12.3. The van der Waals surface area contributed by atoms with Crippen LogP contribution in [0.15, 0.2) is 16.6 Å². The van der Waals surface area contributed by atoms with Crippen molar-refractivity contribution in [1.82, 2.24) is 4.90 Å². The lowest BCUT2D eigenvalue weighted by molar-refractivity contribution is 0.224. The number of amides is 2. The third-order valence-electron chi connectivity index (χ3n) is 2.33. The first-order chi connectivity index (χ1) is 7.45. The smallest absolute Gasteiger partial charge is 0.321 e. The monoisotopic (exact) mass is 288 g/mol. The van der Waals surface area contributed by atoms with Crippen molar-refractivity contribution in [1.29, 1.82) is 0 Å². The maximum Gasteiger partial charge on any atom is 0.321 e. The molecule has 0 saturated heterocycles. The summed E-state index contributed by atoms with van der Waals surface area (Å²) >= 11 is 3.09. The summed E-state index contributed by atoms with van der Waals surface area (Å²) in [7, 11) is 1.68. The summed E-state index contributed by atoms with van der Waals surface area (Å²) < 4.78 is 13.7. The molecule has 5 heteroatoms. The Bertz CT molecular complexity index is 409. The highest BCUT2D eigenvalue weighted by Crippen LogP contribution is 2.24. The lowest BCUT2D eigenvalue weighted by Crippen LogP contribution is -2.31. The van der Waals surface area contributed by atoms with Crippen molar-refractivity contribution >= 4 is 27.6 Å². The molecule has 0 fully saturated rings. The van der Waals surface area contributed by atoms with Crippen molar-refractivity contribution < 1.29 is 9.18 Å². The van der Waals surface area contributed by atoms with E-state index in [0.29, 0.717) is 16.7 Å². The van der Waals surface area contributed by atoms with E-state index in [2.05, 4.69) is 21.2 Å². The van der Waals surface area contributed by atoms with E-state index < -0.39 is 0 Å². The molecular formula is C11H14BrFN2O. The molecule has 0 aromatic heterocycles. The number of hydrogen-bond donors (Lipinski definition) is 1. The van der Waals surface area contributed by atoms with Gasteiger partial charge in [0.05, 0.1) is 4.47 Å². The molecule has 1 aromatic rings. The Morgan fingerprint density at radius 1 is 1.56 bits per heavy atom. The molecule has 0 radical (unpaired) electrons. The lowest BCUT2D eigenvalue weighted by Gasteiger charge is -2.16. The van der Waals surface area contributed by atoms with E-state index in [4.69, 9.17) is 0 Å². The minimum absolute atomic E-state index is 0.243. The standard InChI is InChI=1S/C11H14BrFN2O/c1-4-15(3)11(16)14-10-6-9(13)8(12)5-7(10)2/h5-6H,4H2,1-3H3,(H,14,16). The molecule has 88 valence electrons. The first kappa shape index (κ1) is 13.0. The van der Waals surface area contributed by atoms with Gasteiger partial charge >= 0.3 is 6.03 Å². The number of nitrogens with one attached hydrogen (secondary N) is 1. The average Bonchev–Trinajstić information content (AvgIpc) is 2.24. The van der Waals surface area contributed by atoms with Gasteiger partial charge in [0, 0.05) is 19.3 Å². The number of carbonyl (C=O) groups excluding carboxylic acids is 1. The Balaban J connectivity index is 2.90. The van der Waals surface area contributed by atoms with Crippen LogP contribution in [0.4, 0.5) is 14.9 Å². The fourth-order valence-corrected chi connectivity index (χ4v) is 1.59. The maximum absolute atomic E-state index is 13.3. The third-order valence-corrected chi connectivity index (χ3v) is 2.94. The second-order valence-electron chi connectivity index (χ2n) is 3.53. The number of nitrogens with zero attached hydrogens (tertiary/aromatic N) is 1. The van der Waals surface area contributed by atoms with Crippen LogP contribution in [-0.2, 0) is 0 Å². The van der Waals surface area contributed by atoms with Gasteiger partial charge in [0.25, 0.3) is 0 Å². The number of aryl methyl sites for hydroxylation is 1. The highest BCUT2D eigenvalue weighted by atomic mass is 79.9. The van der Waals surface area contributed by atoms with Crippen molar-refractivity contribution in [2.45, 2.75) is 13.8 Å². The van der Waals surface area contributed by atoms with Crippen molar-refractivity contribution in [2.24, 2.45) is 0 Å². The highest BCUT2D eigenvalue weighted by Gasteiger charge is 2.10. The summed E-state index contributed by atoms with van der Waals surface area (Å²) in [4.78, 5) is 13.1. The molecule has 1 rings (SSSR count). The van der Waals surface area contributed by atoms with Crippen LogP contribution in [-0.4, -0.2) is 24.5 Å². The van der Waals surface area contributed by atoms with E-state index in [1.807, 2.05) is 13.8 Å². The first-order valence-corrected chi connectivity index (χ1v) is 5.72. The predicted octanol–water partition coefficient (Wildman–Crippen LogP) is 3.38. The van der Waals surface area contributed by atoms with Gasteiger partial charge < -0.3 is 10.2 Å². The number of carbonyl (C=O) groups is 1. The number of anilines is 1. The van der Waals surface area contributed by atoms with E-state index in [9.17, 15) is 9.18 Å². The van der Waals surface area contributed by atoms with E-state index in [0.717, 1.165) is 5.56 Å². The van der Waals surface area contributed by atoms with Crippen LogP contribution >= 0.6 is 15.9 Å². The summed E-state index contributed by atoms with van der Waals surface area (Å²) in [6.45, 7) is 4.28. The molecule has 0 unspecified atom stereocenters. The number of hydrogen-bond acceptors (Lipinski definition) is 1. The molecule has 0 heterocycles. The van der Waals surface area contributed by atoms with E-state index in [1.165, 1.54) is 11.0 Å². The van der Waals surface area contributed by atoms with Gasteiger partial charge in [0.1, 0.15) is 5.82 Å². The molecule has 2 amide bonds. The Labute approximate surface area is 103 Å². The van der Waals surface area contributed by atoms with Gasteiger partial charge in [-0.1, -0.05) is 0 Å². The number of urea groups is 1. The summed E-state index contributed by atoms with van der Waals surface area (Å²) in [5.41, 5.74) is 1.30. The van der Waals surface area contributed by atoms with Gasteiger partial charge in [-0.25, -0.2) is 9.18 Å². The number of rotatable bonds is 2. The highest BCUT2D eigenvalue weighted by molar-refractivity contribution is 9.10. The number of halogens is 2. The normalized spacial score (nSPS) is 10.1. The molecule has 0 aliphatic carbocycles. The van der Waals surface area contributed by atoms with Crippen LogP contribution in [0.5, 0.6) is 0 Å². The predicted molar refractivity (Wildman–Crippen MR) is 66.2 cm³/mol. The zero-order valence-electron chi connectivity index (χ0n) is 9.47. The van der Waals surface area contributed by atoms with Gasteiger partial charge in [0.2, 0.25) is 0 Å². The summed E-state index contributed by atoms with van der Waals surface area (Å²) in [6, 6.07) is 2.70. The van der Waals surface area contributed by atoms with Crippen LogP contribution in [0.25, 0.3) is 0 Å². The molecule has 0 saturated carbocycles. The van der Waals surface area contributed by atoms with Crippen molar-refractivity contribution in [2.75, 3.05) is 18.9 Å². The molecule has 16 heavy (non-hydrogen) atoms. The maximum atomic E-state index is 13.3. The molecule has 0 bridgehead atoms. The fourth-order valence-electron chi connectivity index (χ4n) is 1.14. The molecule has 1 aromatic carbocycles. The summed E-state index contributed by atoms with van der Waals surface area (Å²) in [5, 5.41) is 2.66. The average molecular weight is 289 g/mol. The van der Waals surface area contributed by atoms with E-state index >= 15 is 0 Å². The van der Waals surface area contributed by atoms with Crippen LogP contribution in [0.2, 0.25) is 0 Å². The van der Waals surface area contributed by atoms with Crippen molar-refractivity contribution in [3.8, 4) is 0 Å². The van der Waals surface area contributed by atoms with Gasteiger partial charge in [-0.3, -0.25) is 0 Å². The van der Waals surface area contributed by atoms with Crippen LogP contribution in [0.3, 0.4) is 0 Å². The zero-order valence-corrected chi connectivity index (χ0v) is 11.1. The first-order valence-electron chi connectivity index (χ1n) is 4.93. The molecule has 0 aliphatic rings. The van der Waals surface area contributed by atoms with Crippen LogP contribution < -0.4 is 5.32 Å². The topological polar surface area (TPSA) is 32.3 Å². The molecule has 0 atom stereocenters. The number of benzene rings is 1. The van der Waals surface area contributed by atoms with Gasteiger partial charge in [-0.15, -0.1) is 0 Å². The molecule has 3 nitrogen and oxygen atoms in total. The fraction of sp³-hybridized carbons (Fsp3) is 0.364. The Morgan fingerprint density at radius 3 is 2.75 bits per heavy atom. The minimum atomic E-state index is -0.389. The molecular weight excluding hydrogens is 275 g/mol. The van der Waals surface area contributed by atoms with E-state index in [1.54, 1.807) is 13.1 Å². The second-order valence-corrected chi connectivity index (χ2v) is 4.38. The Hall–Kier alpha value is -1.10. The molecule has 0 aliphatic heterocycles.